The fourth-order valence-corrected chi connectivity index (χ4v) is 1.75. The standard InChI is InChI=1S/C11H20N2O3/c1-3-10(14)12-9-5-7-13(8-6-9)11(15)16-4-2/h9H,3-8H2,1-2H3,(H,12,14). The zero-order valence-electron chi connectivity index (χ0n) is 9.99. The SMILES string of the molecule is CCOC(=O)N1CCC(NC(=O)CC)CC1. The number of ether oxygens (including phenoxy) is 1. The molecule has 1 aliphatic rings. The van der Waals surface area contributed by atoms with Gasteiger partial charge >= 0.3 is 6.09 Å². The Bertz CT molecular complexity index is 248. The van der Waals surface area contributed by atoms with E-state index in [1.165, 1.54) is 0 Å². The van der Waals surface area contributed by atoms with Crippen LogP contribution in [0.25, 0.3) is 0 Å². The molecular formula is C11H20N2O3. The molecule has 0 aromatic rings. The third-order valence-corrected chi connectivity index (χ3v) is 2.71. The van der Waals surface area contributed by atoms with Crippen LogP contribution in [0.2, 0.25) is 0 Å². The first-order valence-electron chi connectivity index (χ1n) is 5.88. The van der Waals surface area contributed by atoms with Gasteiger partial charge in [0.2, 0.25) is 5.91 Å². The van der Waals surface area contributed by atoms with Crippen molar-refractivity contribution in [2.45, 2.75) is 39.2 Å². The average molecular weight is 228 g/mol. The Morgan fingerprint density at radius 3 is 2.44 bits per heavy atom. The first kappa shape index (κ1) is 12.8. The predicted octanol–water partition coefficient (Wildman–Crippen LogP) is 1.13. The van der Waals surface area contributed by atoms with Crippen LogP contribution in [0.1, 0.15) is 33.1 Å². The second-order valence-corrected chi connectivity index (χ2v) is 3.88. The minimum absolute atomic E-state index is 0.0783. The highest BCUT2D eigenvalue weighted by Crippen LogP contribution is 2.11. The van der Waals surface area contributed by atoms with Gasteiger partial charge in [0.25, 0.3) is 0 Å². The van der Waals surface area contributed by atoms with E-state index in [0.29, 0.717) is 26.1 Å². The van der Waals surface area contributed by atoms with Crippen LogP contribution in [0, 0.1) is 0 Å². The first-order valence-corrected chi connectivity index (χ1v) is 5.88. The van der Waals surface area contributed by atoms with Crippen molar-refractivity contribution in [1.82, 2.24) is 10.2 Å². The number of piperidine rings is 1. The minimum atomic E-state index is -0.247. The molecule has 0 saturated carbocycles. The summed E-state index contributed by atoms with van der Waals surface area (Å²) < 4.78 is 4.92. The van der Waals surface area contributed by atoms with Crippen LogP contribution in [0.3, 0.4) is 0 Å². The number of amides is 2. The molecule has 0 aromatic carbocycles. The molecular weight excluding hydrogens is 208 g/mol. The molecule has 1 rings (SSSR count). The van der Waals surface area contributed by atoms with Crippen molar-refractivity contribution in [1.29, 1.82) is 0 Å². The van der Waals surface area contributed by atoms with Crippen LogP contribution in [-0.4, -0.2) is 42.6 Å². The molecule has 0 aliphatic carbocycles. The molecule has 0 aromatic heterocycles. The molecule has 0 radical (unpaired) electrons. The third kappa shape index (κ3) is 3.72. The molecule has 1 heterocycles. The number of carbonyl (C=O) groups is 2. The zero-order valence-corrected chi connectivity index (χ0v) is 9.99. The zero-order chi connectivity index (χ0) is 12.0. The van der Waals surface area contributed by atoms with Gasteiger partial charge < -0.3 is 15.0 Å². The summed E-state index contributed by atoms with van der Waals surface area (Å²) in [7, 11) is 0. The van der Waals surface area contributed by atoms with Gasteiger partial charge in [0.05, 0.1) is 6.61 Å². The molecule has 0 unspecified atom stereocenters. The Hall–Kier alpha value is -1.26. The maximum atomic E-state index is 11.4. The summed E-state index contributed by atoms with van der Waals surface area (Å²) in [6, 6.07) is 0.207. The van der Waals surface area contributed by atoms with Crippen LogP contribution in [0.4, 0.5) is 4.79 Å². The summed E-state index contributed by atoms with van der Waals surface area (Å²) in [5.74, 6) is 0.0783. The first-order chi connectivity index (χ1) is 7.67. The van der Waals surface area contributed by atoms with E-state index in [4.69, 9.17) is 4.74 Å². The summed E-state index contributed by atoms with van der Waals surface area (Å²) in [6.07, 6.45) is 1.88. The lowest BCUT2D eigenvalue weighted by Gasteiger charge is -2.31. The van der Waals surface area contributed by atoms with E-state index in [-0.39, 0.29) is 18.0 Å². The second-order valence-electron chi connectivity index (χ2n) is 3.88. The maximum absolute atomic E-state index is 11.4. The van der Waals surface area contributed by atoms with E-state index in [9.17, 15) is 9.59 Å². The number of hydrogen-bond donors (Lipinski definition) is 1. The van der Waals surface area contributed by atoms with Crippen molar-refractivity contribution < 1.29 is 14.3 Å². The molecule has 0 bridgehead atoms. The van der Waals surface area contributed by atoms with Crippen molar-refractivity contribution >= 4 is 12.0 Å². The molecule has 5 heteroatoms. The Morgan fingerprint density at radius 2 is 1.94 bits per heavy atom. The van der Waals surface area contributed by atoms with E-state index in [2.05, 4.69) is 5.32 Å². The normalized spacial score (nSPS) is 17.0. The van der Waals surface area contributed by atoms with Gasteiger partial charge in [-0.15, -0.1) is 0 Å². The number of carbonyl (C=O) groups excluding carboxylic acids is 2. The van der Waals surface area contributed by atoms with Crippen LogP contribution in [-0.2, 0) is 9.53 Å². The summed E-state index contributed by atoms with van der Waals surface area (Å²) in [4.78, 5) is 24.3. The lowest BCUT2D eigenvalue weighted by atomic mass is 10.1. The van der Waals surface area contributed by atoms with Gasteiger partial charge in [0, 0.05) is 25.6 Å². The number of nitrogens with one attached hydrogen (secondary N) is 1. The van der Waals surface area contributed by atoms with Gasteiger partial charge in [-0.25, -0.2) is 4.79 Å². The van der Waals surface area contributed by atoms with E-state index in [1.807, 2.05) is 6.92 Å². The van der Waals surface area contributed by atoms with Crippen molar-refractivity contribution in [2.75, 3.05) is 19.7 Å². The van der Waals surface area contributed by atoms with E-state index in [0.717, 1.165) is 12.8 Å². The molecule has 0 spiro atoms. The quantitative estimate of drug-likeness (QED) is 0.788. The van der Waals surface area contributed by atoms with Crippen molar-refractivity contribution in [3.63, 3.8) is 0 Å². The van der Waals surface area contributed by atoms with Crippen LogP contribution < -0.4 is 5.32 Å². The van der Waals surface area contributed by atoms with Crippen LogP contribution in [0.15, 0.2) is 0 Å². The highest BCUT2D eigenvalue weighted by Gasteiger charge is 2.23. The number of likely N-dealkylation sites (tertiary alicyclic amines) is 1. The third-order valence-electron chi connectivity index (χ3n) is 2.71. The van der Waals surface area contributed by atoms with Gasteiger partial charge in [0.15, 0.2) is 0 Å². The van der Waals surface area contributed by atoms with Gasteiger partial charge in [-0.2, -0.15) is 0 Å². The topological polar surface area (TPSA) is 58.6 Å². The van der Waals surface area contributed by atoms with Gasteiger partial charge in [-0.05, 0) is 19.8 Å². The van der Waals surface area contributed by atoms with E-state index >= 15 is 0 Å². The molecule has 2 amide bonds. The highest BCUT2D eigenvalue weighted by atomic mass is 16.6. The Morgan fingerprint density at radius 1 is 1.31 bits per heavy atom. The van der Waals surface area contributed by atoms with Crippen molar-refractivity contribution in [3.05, 3.63) is 0 Å². The van der Waals surface area contributed by atoms with E-state index in [1.54, 1.807) is 11.8 Å². The monoisotopic (exact) mass is 228 g/mol. The summed E-state index contributed by atoms with van der Waals surface area (Å²) >= 11 is 0. The average Bonchev–Trinajstić information content (AvgIpc) is 2.30. The molecule has 0 atom stereocenters. The number of nitrogens with zero attached hydrogens (tertiary/aromatic N) is 1. The molecule has 1 N–H and O–H groups in total. The molecule has 1 saturated heterocycles. The van der Waals surface area contributed by atoms with Crippen LogP contribution in [0.5, 0.6) is 0 Å². The molecule has 1 aliphatic heterocycles. The Balaban J connectivity index is 2.28. The van der Waals surface area contributed by atoms with Crippen molar-refractivity contribution in [3.8, 4) is 0 Å². The largest absolute Gasteiger partial charge is 0.450 e. The maximum Gasteiger partial charge on any atom is 0.409 e. The summed E-state index contributed by atoms with van der Waals surface area (Å²) in [5, 5.41) is 2.94. The molecule has 92 valence electrons. The van der Waals surface area contributed by atoms with E-state index < -0.39 is 0 Å². The summed E-state index contributed by atoms with van der Waals surface area (Å²) in [6.45, 7) is 5.36. The fraction of sp³-hybridized carbons (Fsp3) is 0.818. The lowest BCUT2D eigenvalue weighted by molar-refractivity contribution is -0.121. The smallest absolute Gasteiger partial charge is 0.409 e. The number of hydrogen-bond acceptors (Lipinski definition) is 3. The molecule has 1 fully saturated rings. The lowest BCUT2D eigenvalue weighted by Crippen LogP contribution is -2.46. The Labute approximate surface area is 96.1 Å². The minimum Gasteiger partial charge on any atom is -0.450 e. The van der Waals surface area contributed by atoms with Crippen molar-refractivity contribution in [2.24, 2.45) is 0 Å². The predicted molar refractivity (Wildman–Crippen MR) is 60.1 cm³/mol. The molecule has 5 nitrogen and oxygen atoms in total. The Kier molecular flexibility index (Phi) is 5.08. The second kappa shape index (κ2) is 6.35. The van der Waals surface area contributed by atoms with Gasteiger partial charge in [-0.1, -0.05) is 6.92 Å². The summed E-state index contributed by atoms with van der Waals surface area (Å²) in [5.41, 5.74) is 0. The van der Waals surface area contributed by atoms with Gasteiger partial charge in [0.1, 0.15) is 0 Å². The number of rotatable bonds is 3. The fourth-order valence-electron chi connectivity index (χ4n) is 1.75. The molecule has 16 heavy (non-hydrogen) atoms. The highest BCUT2D eigenvalue weighted by molar-refractivity contribution is 5.75. The van der Waals surface area contributed by atoms with Gasteiger partial charge in [-0.3, -0.25) is 4.79 Å². The van der Waals surface area contributed by atoms with Crippen LogP contribution >= 0.6 is 0 Å².